The molecule has 2 aromatic heterocycles. The molecule has 1 aliphatic rings. The number of aromatic nitrogens is 4. The Morgan fingerprint density at radius 2 is 1.92 bits per heavy atom. The molecule has 26 heavy (non-hydrogen) atoms. The van der Waals surface area contributed by atoms with Gasteiger partial charge in [0.1, 0.15) is 5.69 Å². The number of likely N-dealkylation sites (tertiary alicyclic amines) is 1. The van der Waals surface area contributed by atoms with Gasteiger partial charge in [-0.05, 0) is 37.6 Å². The lowest BCUT2D eigenvalue weighted by Crippen LogP contribution is -2.43. The third-order valence-corrected chi connectivity index (χ3v) is 5.18. The molecule has 1 N–H and O–H groups in total. The average molecular weight is 351 g/mol. The van der Waals surface area contributed by atoms with E-state index in [1.165, 1.54) is 12.8 Å². The van der Waals surface area contributed by atoms with Crippen molar-refractivity contribution in [2.24, 2.45) is 0 Å². The summed E-state index contributed by atoms with van der Waals surface area (Å²) in [5.41, 5.74) is 2.01. The first-order valence-electron chi connectivity index (χ1n) is 9.32. The van der Waals surface area contributed by atoms with Crippen LogP contribution in [0.2, 0.25) is 0 Å². The zero-order valence-electron chi connectivity index (χ0n) is 14.9. The van der Waals surface area contributed by atoms with Gasteiger partial charge < -0.3 is 9.67 Å². The highest BCUT2D eigenvalue weighted by Gasteiger charge is 2.21. The van der Waals surface area contributed by atoms with Crippen LogP contribution in [0, 0.1) is 0 Å². The molecule has 1 aromatic carbocycles. The van der Waals surface area contributed by atoms with Crippen molar-refractivity contribution in [2.75, 3.05) is 19.7 Å². The van der Waals surface area contributed by atoms with E-state index in [0.29, 0.717) is 6.04 Å². The SMILES string of the molecule is OCC1CCCCN1CCn1ccnc1-c1ccnn1-c1ccccc1. The number of aliphatic hydroxyl groups is 1. The van der Waals surface area contributed by atoms with Gasteiger partial charge in [-0.2, -0.15) is 5.10 Å². The van der Waals surface area contributed by atoms with Crippen LogP contribution in [0.4, 0.5) is 0 Å². The molecule has 1 fully saturated rings. The summed E-state index contributed by atoms with van der Waals surface area (Å²) < 4.78 is 4.11. The van der Waals surface area contributed by atoms with Gasteiger partial charge >= 0.3 is 0 Å². The summed E-state index contributed by atoms with van der Waals surface area (Å²) >= 11 is 0. The van der Waals surface area contributed by atoms with Gasteiger partial charge in [-0.25, -0.2) is 9.67 Å². The third-order valence-electron chi connectivity index (χ3n) is 5.18. The Hall–Kier alpha value is -2.44. The summed E-state index contributed by atoms with van der Waals surface area (Å²) in [6.45, 7) is 3.09. The summed E-state index contributed by atoms with van der Waals surface area (Å²) in [7, 11) is 0. The number of nitrogens with zero attached hydrogens (tertiary/aromatic N) is 5. The molecule has 0 bridgehead atoms. The molecule has 6 heteroatoms. The quantitative estimate of drug-likeness (QED) is 0.742. The number of hydrogen-bond donors (Lipinski definition) is 1. The van der Waals surface area contributed by atoms with E-state index in [9.17, 15) is 5.11 Å². The Morgan fingerprint density at radius 3 is 2.77 bits per heavy atom. The number of imidazole rings is 1. The van der Waals surface area contributed by atoms with Gasteiger partial charge in [-0.15, -0.1) is 0 Å². The van der Waals surface area contributed by atoms with Crippen LogP contribution in [-0.4, -0.2) is 55.1 Å². The van der Waals surface area contributed by atoms with E-state index in [4.69, 9.17) is 0 Å². The number of piperidine rings is 1. The summed E-state index contributed by atoms with van der Waals surface area (Å²) in [5.74, 6) is 0.920. The van der Waals surface area contributed by atoms with Crippen LogP contribution in [0.25, 0.3) is 17.2 Å². The Bertz CT molecular complexity index is 826. The molecule has 136 valence electrons. The number of rotatable bonds is 6. The first-order chi connectivity index (χ1) is 12.9. The highest BCUT2D eigenvalue weighted by Crippen LogP contribution is 2.22. The van der Waals surface area contributed by atoms with Crippen LogP contribution in [0.3, 0.4) is 0 Å². The van der Waals surface area contributed by atoms with Crippen LogP contribution < -0.4 is 0 Å². The van der Waals surface area contributed by atoms with Gasteiger partial charge in [-0.3, -0.25) is 4.90 Å². The standard InChI is InChI=1S/C20H25N5O/c26-16-18-8-4-5-12-23(18)14-15-24-13-11-21-20(24)19-9-10-22-25(19)17-6-2-1-3-7-17/h1-3,6-7,9-11,13,18,26H,4-5,8,12,14-16H2. The topological polar surface area (TPSA) is 59.1 Å². The molecule has 3 aromatic rings. The maximum absolute atomic E-state index is 9.61. The second kappa shape index (κ2) is 7.85. The summed E-state index contributed by atoms with van der Waals surface area (Å²) in [6, 6.07) is 12.4. The second-order valence-electron chi connectivity index (χ2n) is 6.78. The van der Waals surface area contributed by atoms with E-state index in [1.54, 1.807) is 0 Å². The Morgan fingerprint density at radius 1 is 1.04 bits per heavy atom. The van der Waals surface area contributed by atoms with Crippen molar-refractivity contribution < 1.29 is 5.11 Å². The highest BCUT2D eigenvalue weighted by atomic mass is 16.3. The Balaban J connectivity index is 1.54. The van der Waals surface area contributed by atoms with E-state index in [0.717, 1.165) is 43.3 Å². The van der Waals surface area contributed by atoms with Crippen LogP contribution in [-0.2, 0) is 6.54 Å². The summed E-state index contributed by atoms with van der Waals surface area (Å²) in [5, 5.41) is 14.1. The van der Waals surface area contributed by atoms with Crippen molar-refractivity contribution in [1.82, 2.24) is 24.2 Å². The van der Waals surface area contributed by atoms with Crippen molar-refractivity contribution in [2.45, 2.75) is 31.8 Å². The van der Waals surface area contributed by atoms with Crippen LogP contribution in [0.15, 0.2) is 55.0 Å². The molecular weight excluding hydrogens is 326 g/mol. The molecule has 1 saturated heterocycles. The lowest BCUT2D eigenvalue weighted by Gasteiger charge is -2.34. The van der Waals surface area contributed by atoms with Gasteiger partial charge in [0, 0.05) is 31.5 Å². The minimum absolute atomic E-state index is 0.248. The Kier molecular flexibility index (Phi) is 5.13. The number of aliphatic hydroxyl groups excluding tert-OH is 1. The van der Waals surface area contributed by atoms with Gasteiger partial charge in [0.2, 0.25) is 0 Å². The van der Waals surface area contributed by atoms with Crippen molar-refractivity contribution >= 4 is 0 Å². The van der Waals surface area contributed by atoms with Crippen LogP contribution >= 0.6 is 0 Å². The number of benzene rings is 1. The molecule has 0 amide bonds. The zero-order chi connectivity index (χ0) is 17.8. The molecule has 1 aliphatic heterocycles. The maximum atomic E-state index is 9.61. The lowest BCUT2D eigenvalue weighted by molar-refractivity contribution is 0.0872. The lowest BCUT2D eigenvalue weighted by atomic mass is 10.0. The first-order valence-corrected chi connectivity index (χ1v) is 9.32. The Labute approximate surface area is 153 Å². The van der Waals surface area contributed by atoms with Gasteiger partial charge in [0.05, 0.1) is 18.5 Å². The van der Waals surface area contributed by atoms with Crippen LogP contribution in [0.5, 0.6) is 0 Å². The molecule has 6 nitrogen and oxygen atoms in total. The zero-order valence-corrected chi connectivity index (χ0v) is 14.9. The fraction of sp³-hybridized carbons (Fsp3) is 0.400. The van der Waals surface area contributed by atoms with Gasteiger partial charge in [0.25, 0.3) is 0 Å². The molecule has 4 rings (SSSR count). The van der Waals surface area contributed by atoms with Crippen LogP contribution in [0.1, 0.15) is 19.3 Å². The summed E-state index contributed by atoms with van der Waals surface area (Å²) in [6.07, 6.45) is 9.21. The van der Waals surface area contributed by atoms with Crippen molar-refractivity contribution in [3.63, 3.8) is 0 Å². The minimum atomic E-state index is 0.248. The molecule has 0 radical (unpaired) electrons. The minimum Gasteiger partial charge on any atom is -0.395 e. The predicted molar refractivity (Wildman–Crippen MR) is 101 cm³/mol. The van der Waals surface area contributed by atoms with Gasteiger partial charge in [0.15, 0.2) is 5.82 Å². The number of para-hydroxylation sites is 1. The third kappa shape index (κ3) is 3.43. The molecule has 3 heterocycles. The fourth-order valence-electron chi connectivity index (χ4n) is 3.77. The molecular formula is C20H25N5O. The first kappa shape index (κ1) is 17.0. The maximum Gasteiger partial charge on any atom is 0.158 e. The predicted octanol–water partition coefficient (Wildman–Crippen LogP) is 2.58. The molecule has 1 atom stereocenters. The second-order valence-corrected chi connectivity index (χ2v) is 6.78. The van der Waals surface area contributed by atoms with Crippen molar-refractivity contribution in [1.29, 1.82) is 0 Å². The normalized spacial score (nSPS) is 18.3. The average Bonchev–Trinajstić information content (AvgIpc) is 3.36. The smallest absolute Gasteiger partial charge is 0.158 e. The highest BCUT2D eigenvalue weighted by molar-refractivity contribution is 5.54. The molecule has 1 unspecified atom stereocenters. The van der Waals surface area contributed by atoms with Crippen molar-refractivity contribution in [3.05, 3.63) is 55.0 Å². The van der Waals surface area contributed by atoms with E-state index < -0.39 is 0 Å². The van der Waals surface area contributed by atoms with Gasteiger partial charge in [-0.1, -0.05) is 24.6 Å². The largest absolute Gasteiger partial charge is 0.395 e. The number of hydrogen-bond acceptors (Lipinski definition) is 4. The molecule has 0 spiro atoms. The van der Waals surface area contributed by atoms with E-state index in [2.05, 4.69) is 19.5 Å². The van der Waals surface area contributed by atoms with E-state index >= 15 is 0 Å². The molecule has 0 aliphatic carbocycles. The monoisotopic (exact) mass is 351 g/mol. The van der Waals surface area contributed by atoms with E-state index in [1.807, 2.05) is 59.7 Å². The summed E-state index contributed by atoms with van der Waals surface area (Å²) in [4.78, 5) is 6.99. The van der Waals surface area contributed by atoms with E-state index in [-0.39, 0.29) is 6.61 Å². The fourth-order valence-corrected chi connectivity index (χ4v) is 3.77. The molecule has 0 saturated carbocycles. The van der Waals surface area contributed by atoms with Crippen molar-refractivity contribution in [3.8, 4) is 17.2 Å².